The van der Waals surface area contributed by atoms with Crippen LogP contribution in [0.25, 0.3) is 0 Å². The Bertz CT molecular complexity index is 329. The first-order chi connectivity index (χ1) is 6.95. The van der Waals surface area contributed by atoms with E-state index in [1.54, 1.807) is 26.0 Å². The van der Waals surface area contributed by atoms with E-state index in [-0.39, 0.29) is 5.75 Å². The first kappa shape index (κ1) is 11.9. The van der Waals surface area contributed by atoms with Gasteiger partial charge >= 0.3 is 6.61 Å². The maximum atomic E-state index is 12.0. The van der Waals surface area contributed by atoms with E-state index in [0.29, 0.717) is 5.56 Å². The van der Waals surface area contributed by atoms with Crippen LogP contribution < -0.4 is 10.6 Å². The standard InChI is InChI=1S/C10H13F2NO2/c1-10(2,15-13)7-4-3-5-8(6-7)14-9(11)12/h3-6,9H,13H2,1-2H3. The van der Waals surface area contributed by atoms with Crippen LogP contribution in [-0.4, -0.2) is 6.61 Å². The lowest BCUT2D eigenvalue weighted by Gasteiger charge is -2.22. The fourth-order valence-corrected chi connectivity index (χ4v) is 1.11. The smallest absolute Gasteiger partial charge is 0.387 e. The van der Waals surface area contributed by atoms with Crippen LogP contribution in [0.1, 0.15) is 19.4 Å². The van der Waals surface area contributed by atoms with Crippen molar-refractivity contribution in [2.24, 2.45) is 5.90 Å². The van der Waals surface area contributed by atoms with Crippen LogP contribution in [0.3, 0.4) is 0 Å². The number of alkyl halides is 2. The van der Waals surface area contributed by atoms with Crippen molar-refractivity contribution in [2.75, 3.05) is 0 Å². The summed E-state index contributed by atoms with van der Waals surface area (Å²) in [6, 6.07) is 6.25. The van der Waals surface area contributed by atoms with Crippen LogP contribution in [0.5, 0.6) is 5.75 Å². The lowest BCUT2D eigenvalue weighted by molar-refractivity contribution is -0.0509. The molecule has 0 spiro atoms. The Morgan fingerprint density at radius 1 is 1.33 bits per heavy atom. The SMILES string of the molecule is CC(C)(ON)c1cccc(OC(F)F)c1. The van der Waals surface area contributed by atoms with Gasteiger partial charge in [-0.15, -0.1) is 0 Å². The van der Waals surface area contributed by atoms with Gasteiger partial charge < -0.3 is 4.74 Å². The van der Waals surface area contributed by atoms with Gasteiger partial charge in [0.1, 0.15) is 11.4 Å². The van der Waals surface area contributed by atoms with Crippen molar-refractivity contribution in [1.29, 1.82) is 0 Å². The molecule has 0 aromatic heterocycles. The normalized spacial score (nSPS) is 11.9. The van der Waals surface area contributed by atoms with E-state index in [1.165, 1.54) is 12.1 Å². The van der Waals surface area contributed by atoms with Crippen LogP contribution in [0.15, 0.2) is 24.3 Å². The van der Waals surface area contributed by atoms with Crippen LogP contribution in [-0.2, 0) is 10.4 Å². The number of hydrogen-bond acceptors (Lipinski definition) is 3. The molecular formula is C10H13F2NO2. The van der Waals surface area contributed by atoms with E-state index < -0.39 is 12.2 Å². The van der Waals surface area contributed by atoms with E-state index in [1.807, 2.05) is 0 Å². The summed E-state index contributed by atoms with van der Waals surface area (Å²) in [5, 5.41) is 0. The van der Waals surface area contributed by atoms with E-state index in [2.05, 4.69) is 4.74 Å². The van der Waals surface area contributed by atoms with E-state index >= 15 is 0 Å². The highest BCUT2D eigenvalue weighted by Crippen LogP contribution is 2.26. The van der Waals surface area contributed by atoms with Gasteiger partial charge in [-0.3, -0.25) is 4.84 Å². The van der Waals surface area contributed by atoms with Gasteiger partial charge in [-0.1, -0.05) is 12.1 Å². The van der Waals surface area contributed by atoms with Crippen molar-refractivity contribution in [3.05, 3.63) is 29.8 Å². The van der Waals surface area contributed by atoms with Crippen molar-refractivity contribution in [1.82, 2.24) is 0 Å². The zero-order valence-corrected chi connectivity index (χ0v) is 8.54. The minimum atomic E-state index is -2.83. The van der Waals surface area contributed by atoms with Crippen molar-refractivity contribution in [3.63, 3.8) is 0 Å². The molecule has 0 heterocycles. The Kier molecular flexibility index (Phi) is 3.60. The quantitative estimate of drug-likeness (QED) is 0.787. The zero-order valence-electron chi connectivity index (χ0n) is 8.54. The van der Waals surface area contributed by atoms with Gasteiger partial charge in [0.05, 0.1) is 0 Å². The molecule has 1 aromatic rings. The highest BCUT2D eigenvalue weighted by molar-refractivity contribution is 5.31. The molecule has 0 aliphatic heterocycles. The fraction of sp³-hybridized carbons (Fsp3) is 0.400. The maximum Gasteiger partial charge on any atom is 0.387 e. The summed E-state index contributed by atoms with van der Waals surface area (Å²) in [6.07, 6.45) is 0. The Balaban J connectivity index is 2.92. The number of hydrogen-bond donors (Lipinski definition) is 1. The molecule has 0 atom stereocenters. The topological polar surface area (TPSA) is 44.5 Å². The minimum absolute atomic E-state index is 0.0904. The number of nitrogens with two attached hydrogens (primary N) is 1. The molecule has 0 saturated carbocycles. The molecule has 0 saturated heterocycles. The first-order valence-electron chi connectivity index (χ1n) is 4.39. The van der Waals surface area contributed by atoms with Gasteiger partial charge in [-0.05, 0) is 31.5 Å². The third kappa shape index (κ3) is 3.14. The van der Waals surface area contributed by atoms with Crippen molar-refractivity contribution in [3.8, 4) is 5.75 Å². The molecule has 3 nitrogen and oxygen atoms in total. The molecule has 0 radical (unpaired) electrons. The van der Waals surface area contributed by atoms with E-state index in [0.717, 1.165) is 0 Å². The average Bonchev–Trinajstić information content (AvgIpc) is 2.17. The van der Waals surface area contributed by atoms with Gasteiger partial charge in [0.2, 0.25) is 0 Å². The third-order valence-corrected chi connectivity index (χ3v) is 2.05. The average molecular weight is 217 g/mol. The van der Waals surface area contributed by atoms with Crippen LogP contribution >= 0.6 is 0 Å². The molecule has 0 bridgehead atoms. The van der Waals surface area contributed by atoms with Crippen molar-refractivity contribution >= 4 is 0 Å². The maximum absolute atomic E-state index is 12.0. The Hall–Kier alpha value is -1.20. The highest BCUT2D eigenvalue weighted by atomic mass is 19.3. The van der Waals surface area contributed by atoms with E-state index in [9.17, 15) is 8.78 Å². The Morgan fingerprint density at radius 3 is 2.53 bits per heavy atom. The fourth-order valence-electron chi connectivity index (χ4n) is 1.11. The largest absolute Gasteiger partial charge is 0.435 e. The summed E-state index contributed by atoms with van der Waals surface area (Å²) in [5.41, 5.74) is -0.0650. The summed E-state index contributed by atoms with van der Waals surface area (Å²) >= 11 is 0. The lowest BCUT2D eigenvalue weighted by atomic mass is 9.98. The van der Waals surface area contributed by atoms with Crippen molar-refractivity contribution < 1.29 is 18.4 Å². The van der Waals surface area contributed by atoms with Crippen LogP contribution in [0.2, 0.25) is 0 Å². The van der Waals surface area contributed by atoms with Crippen molar-refractivity contribution in [2.45, 2.75) is 26.1 Å². The number of ether oxygens (including phenoxy) is 1. The predicted octanol–water partition coefficient (Wildman–Crippen LogP) is 2.41. The summed E-state index contributed by atoms with van der Waals surface area (Å²) in [7, 11) is 0. The molecule has 15 heavy (non-hydrogen) atoms. The predicted molar refractivity (Wildman–Crippen MR) is 51.4 cm³/mol. The summed E-state index contributed by atoms with van der Waals surface area (Å²) in [5.74, 6) is 5.19. The van der Waals surface area contributed by atoms with Gasteiger partial charge in [0.25, 0.3) is 0 Å². The molecule has 1 rings (SSSR count). The molecule has 0 fully saturated rings. The summed E-state index contributed by atoms with van der Waals surface area (Å²) < 4.78 is 28.2. The molecule has 0 unspecified atom stereocenters. The van der Waals surface area contributed by atoms with Gasteiger partial charge in [-0.2, -0.15) is 8.78 Å². The second-order valence-corrected chi connectivity index (χ2v) is 3.53. The zero-order chi connectivity index (χ0) is 11.5. The summed E-state index contributed by atoms with van der Waals surface area (Å²) in [4.78, 5) is 4.74. The first-order valence-corrected chi connectivity index (χ1v) is 4.39. The second kappa shape index (κ2) is 4.55. The summed E-state index contributed by atoms with van der Waals surface area (Å²) in [6.45, 7) is 0.630. The Morgan fingerprint density at radius 2 is 2.00 bits per heavy atom. The van der Waals surface area contributed by atoms with E-state index in [4.69, 9.17) is 10.7 Å². The Labute approximate surface area is 86.7 Å². The third-order valence-electron chi connectivity index (χ3n) is 2.05. The molecule has 0 amide bonds. The second-order valence-electron chi connectivity index (χ2n) is 3.53. The minimum Gasteiger partial charge on any atom is -0.435 e. The van der Waals surface area contributed by atoms with Gasteiger partial charge in [0.15, 0.2) is 0 Å². The number of halogens is 2. The molecule has 0 aliphatic rings. The lowest BCUT2D eigenvalue weighted by Crippen LogP contribution is -2.25. The number of rotatable bonds is 4. The van der Waals surface area contributed by atoms with Gasteiger partial charge in [0, 0.05) is 0 Å². The highest BCUT2D eigenvalue weighted by Gasteiger charge is 2.21. The molecule has 2 N–H and O–H groups in total. The molecular weight excluding hydrogens is 204 g/mol. The number of benzene rings is 1. The van der Waals surface area contributed by atoms with Crippen LogP contribution in [0.4, 0.5) is 8.78 Å². The van der Waals surface area contributed by atoms with Crippen LogP contribution in [0, 0.1) is 0 Å². The van der Waals surface area contributed by atoms with Gasteiger partial charge in [-0.25, -0.2) is 5.90 Å². The molecule has 5 heteroatoms. The molecule has 1 aromatic carbocycles. The monoisotopic (exact) mass is 217 g/mol. The molecule has 84 valence electrons. The molecule has 0 aliphatic carbocycles.